The van der Waals surface area contributed by atoms with Gasteiger partial charge in [-0.05, 0) is 86.5 Å². The number of benzene rings is 3. The van der Waals surface area contributed by atoms with Crippen LogP contribution >= 0.6 is 11.3 Å². The highest BCUT2D eigenvalue weighted by molar-refractivity contribution is 7.07. The molecule has 0 aliphatic carbocycles. The first-order chi connectivity index (χ1) is 21.7. The molecule has 0 unspecified atom stereocenters. The lowest BCUT2D eigenvalue weighted by Crippen LogP contribution is -2.40. The van der Waals surface area contributed by atoms with E-state index in [1.807, 2.05) is 79.1 Å². The predicted octanol–water partition coefficient (Wildman–Crippen LogP) is 4.99. The maximum absolute atomic E-state index is 14.2. The van der Waals surface area contributed by atoms with Crippen LogP contribution in [0.1, 0.15) is 45.8 Å². The number of rotatable bonds is 7. The van der Waals surface area contributed by atoms with Crippen LogP contribution in [-0.2, 0) is 4.79 Å². The Bertz CT molecular complexity index is 2170. The molecule has 0 saturated heterocycles. The number of amides is 1. The van der Waals surface area contributed by atoms with E-state index in [1.54, 1.807) is 48.9 Å². The number of para-hydroxylation sites is 1. The number of aromatic nitrogens is 2. The number of hydrogen-bond acceptors (Lipinski definition) is 6. The molecule has 0 saturated carbocycles. The molecule has 2 N–H and O–H groups in total. The number of fused-ring (bicyclic) bond motifs is 1. The Morgan fingerprint density at radius 1 is 0.978 bits per heavy atom. The second-order valence-corrected chi connectivity index (χ2v) is 11.7. The van der Waals surface area contributed by atoms with Crippen LogP contribution in [0.3, 0.4) is 0 Å². The van der Waals surface area contributed by atoms with Crippen LogP contribution in [0.5, 0.6) is 5.75 Å². The average Bonchev–Trinajstić information content (AvgIpc) is 3.49. The van der Waals surface area contributed by atoms with Gasteiger partial charge in [0.05, 0.1) is 34.5 Å². The maximum Gasteiger partial charge on any atom is 0.335 e. The van der Waals surface area contributed by atoms with Gasteiger partial charge in [0.1, 0.15) is 5.75 Å². The first-order valence-corrected chi connectivity index (χ1v) is 15.0. The standard InChI is InChI=1S/C35H30N4O5S/c1-20-17-25(22(3)38(20)27-12-8-9-24(18-27)34(42)43)19-29-33(41)39-31(23-13-15-28(44-4)16-14-23)30(21(2)36-35(39)45-29)32(40)37-26-10-6-5-7-11-26/h5-19,31H,1-4H3,(H,37,40)(H,42,43)/t31-/m0/s1. The van der Waals surface area contributed by atoms with Gasteiger partial charge in [-0.2, -0.15) is 0 Å². The highest BCUT2D eigenvalue weighted by atomic mass is 32.1. The molecule has 45 heavy (non-hydrogen) atoms. The Kier molecular flexibility index (Phi) is 7.82. The molecule has 10 heteroatoms. The van der Waals surface area contributed by atoms with E-state index in [-0.39, 0.29) is 17.0 Å². The number of nitrogens with one attached hydrogen (secondary N) is 1. The van der Waals surface area contributed by atoms with Gasteiger partial charge in [-0.15, -0.1) is 0 Å². The third kappa shape index (κ3) is 5.51. The van der Waals surface area contributed by atoms with E-state index in [1.165, 1.54) is 11.3 Å². The molecule has 0 radical (unpaired) electrons. The molecule has 0 spiro atoms. The first kappa shape index (κ1) is 29.6. The van der Waals surface area contributed by atoms with E-state index in [9.17, 15) is 19.5 Å². The van der Waals surface area contributed by atoms with Crippen molar-refractivity contribution in [2.45, 2.75) is 26.8 Å². The Hall–Kier alpha value is -5.48. The summed E-state index contributed by atoms with van der Waals surface area (Å²) >= 11 is 1.26. The van der Waals surface area contributed by atoms with Gasteiger partial charge >= 0.3 is 5.97 Å². The number of thiazole rings is 1. The van der Waals surface area contributed by atoms with Crippen molar-refractivity contribution in [2.24, 2.45) is 4.99 Å². The number of carboxylic acids is 1. The van der Waals surface area contributed by atoms with Gasteiger partial charge in [0.15, 0.2) is 4.80 Å². The summed E-state index contributed by atoms with van der Waals surface area (Å²) in [7, 11) is 1.58. The van der Waals surface area contributed by atoms with E-state index in [4.69, 9.17) is 9.73 Å². The second kappa shape index (κ2) is 11.9. The molecule has 1 atom stereocenters. The summed E-state index contributed by atoms with van der Waals surface area (Å²) in [6.07, 6.45) is 1.83. The lowest BCUT2D eigenvalue weighted by Gasteiger charge is -2.25. The molecule has 5 aromatic rings. The van der Waals surface area contributed by atoms with Crippen LogP contribution in [0.25, 0.3) is 11.8 Å². The van der Waals surface area contributed by atoms with Crippen LogP contribution in [0.15, 0.2) is 106 Å². The van der Waals surface area contributed by atoms with Crippen molar-refractivity contribution in [3.63, 3.8) is 0 Å². The van der Waals surface area contributed by atoms with Crippen LogP contribution in [0.4, 0.5) is 5.69 Å². The number of carbonyl (C=O) groups excluding carboxylic acids is 1. The summed E-state index contributed by atoms with van der Waals surface area (Å²) in [6, 6.07) is 24.5. The summed E-state index contributed by atoms with van der Waals surface area (Å²) in [5.41, 5.74) is 5.48. The third-order valence-corrected chi connectivity index (χ3v) is 8.82. The molecule has 3 heterocycles. The van der Waals surface area contributed by atoms with Gasteiger partial charge in [-0.1, -0.05) is 47.7 Å². The minimum atomic E-state index is -1.00. The Labute approximate surface area is 262 Å². The number of carbonyl (C=O) groups is 2. The number of aromatic carboxylic acids is 1. The van der Waals surface area contributed by atoms with Gasteiger partial charge < -0.3 is 19.7 Å². The molecular formula is C35H30N4O5S. The van der Waals surface area contributed by atoms with Crippen molar-refractivity contribution in [1.29, 1.82) is 0 Å². The number of nitrogens with zero attached hydrogens (tertiary/aromatic N) is 3. The van der Waals surface area contributed by atoms with Gasteiger partial charge in [-0.25, -0.2) is 9.79 Å². The summed E-state index contributed by atoms with van der Waals surface area (Å²) in [4.78, 5) is 44.8. The first-order valence-electron chi connectivity index (χ1n) is 14.2. The highest BCUT2D eigenvalue weighted by Crippen LogP contribution is 2.32. The summed E-state index contributed by atoms with van der Waals surface area (Å²) in [6.45, 7) is 5.65. The zero-order chi connectivity index (χ0) is 31.8. The second-order valence-electron chi connectivity index (χ2n) is 10.7. The maximum atomic E-state index is 14.2. The average molecular weight is 619 g/mol. The van der Waals surface area contributed by atoms with Crippen LogP contribution < -0.4 is 24.9 Å². The van der Waals surface area contributed by atoms with Crippen molar-refractivity contribution in [2.75, 3.05) is 12.4 Å². The normalized spacial score (nSPS) is 14.6. The lowest BCUT2D eigenvalue weighted by molar-refractivity contribution is -0.113. The fraction of sp³-hybridized carbons (Fsp3) is 0.143. The van der Waals surface area contributed by atoms with Crippen molar-refractivity contribution in [3.05, 3.63) is 144 Å². The van der Waals surface area contributed by atoms with Crippen molar-refractivity contribution >= 4 is 35.0 Å². The minimum absolute atomic E-state index is 0.191. The number of anilines is 1. The number of ether oxygens (including phenoxy) is 1. The minimum Gasteiger partial charge on any atom is -0.497 e. The summed E-state index contributed by atoms with van der Waals surface area (Å²) in [5, 5.41) is 12.4. The fourth-order valence-corrected chi connectivity index (χ4v) is 6.72. The van der Waals surface area contributed by atoms with Crippen LogP contribution in [0.2, 0.25) is 0 Å². The number of hydrogen-bond donors (Lipinski definition) is 2. The number of allylic oxidation sites excluding steroid dienone is 1. The zero-order valence-corrected chi connectivity index (χ0v) is 25.9. The number of carboxylic acid groups (broad SMARTS) is 1. The molecule has 2 aromatic heterocycles. The van der Waals surface area contributed by atoms with E-state index in [0.717, 1.165) is 28.2 Å². The summed E-state index contributed by atoms with van der Waals surface area (Å²) in [5.74, 6) is -0.685. The molecule has 1 aliphatic rings. The molecular weight excluding hydrogens is 588 g/mol. The van der Waals surface area contributed by atoms with E-state index in [0.29, 0.717) is 32.0 Å². The number of methoxy groups -OCH3 is 1. The molecule has 1 amide bonds. The van der Waals surface area contributed by atoms with E-state index >= 15 is 0 Å². The van der Waals surface area contributed by atoms with Gasteiger partial charge in [0.25, 0.3) is 11.5 Å². The SMILES string of the molecule is COc1ccc([C@H]2C(C(=O)Nc3ccccc3)=C(C)N=c3sc(=Cc4cc(C)n(-c5cccc(C(=O)O)c5)c4C)c(=O)n32)cc1. The molecule has 226 valence electrons. The fourth-order valence-electron chi connectivity index (χ4n) is 5.68. The van der Waals surface area contributed by atoms with E-state index in [2.05, 4.69) is 5.32 Å². The third-order valence-electron chi connectivity index (χ3n) is 7.84. The number of aryl methyl sites for hydroxylation is 1. The highest BCUT2D eigenvalue weighted by Gasteiger charge is 2.32. The molecule has 0 fully saturated rings. The Balaban J connectivity index is 1.48. The monoisotopic (exact) mass is 618 g/mol. The topological polar surface area (TPSA) is 115 Å². The Morgan fingerprint density at radius 3 is 2.40 bits per heavy atom. The van der Waals surface area contributed by atoms with Gasteiger partial charge in [-0.3, -0.25) is 14.2 Å². The quantitative estimate of drug-likeness (QED) is 0.267. The van der Waals surface area contributed by atoms with Crippen molar-refractivity contribution in [1.82, 2.24) is 9.13 Å². The predicted molar refractivity (Wildman–Crippen MR) is 174 cm³/mol. The largest absolute Gasteiger partial charge is 0.497 e. The van der Waals surface area contributed by atoms with E-state index < -0.39 is 12.0 Å². The molecule has 6 rings (SSSR count). The van der Waals surface area contributed by atoms with Gasteiger partial charge in [0, 0.05) is 22.8 Å². The zero-order valence-electron chi connectivity index (χ0n) is 25.1. The van der Waals surface area contributed by atoms with Crippen LogP contribution in [0, 0.1) is 13.8 Å². The molecule has 9 nitrogen and oxygen atoms in total. The Morgan fingerprint density at radius 2 is 1.71 bits per heavy atom. The smallest absolute Gasteiger partial charge is 0.335 e. The van der Waals surface area contributed by atoms with Gasteiger partial charge in [0.2, 0.25) is 0 Å². The van der Waals surface area contributed by atoms with Crippen LogP contribution in [-0.4, -0.2) is 33.2 Å². The molecule has 3 aromatic carbocycles. The van der Waals surface area contributed by atoms with Crippen molar-refractivity contribution in [3.8, 4) is 11.4 Å². The lowest BCUT2D eigenvalue weighted by atomic mass is 9.95. The summed E-state index contributed by atoms with van der Waals surface area (Å²) < 4.78 is 9.37. The molecule has 0 bridgehead atoms. The molecule has 1 aliphatic heterocycles. The van der Waals surface area contributed by atoms with Crippen molar-refractivity contribution < 1.29 is 19.4 Å².